The lowest BCUT2D eigenvalue weighted by Gasteiger charge is -2.38. The van der Waals surface area contributed by atoms with E-state index in [4.69, 9.17) is 0 Å². The number of amides is 1. The van der Waals surface area contributed by atoms with Crippen molar-refractivity contribution in [1.29, 1.82) is 0 Å². The van der Waals surface area contributed by atoms with Crippen LogP contribution in [0.3, 0.4) is 0 Å². The van der Waals surface area contributed by atoms with E-state index in [9.17, 15) is 18.8 Å². The molecule has 1 N–H and O–H groups in total. The number of pyridine rings is 1. The van der Waals surface area contributed by atoms with Gasteiger partial charge >= 0.3 is 5.69 Å². The van der Waals surface area contributed by atoms with Crippen molar-refractivity contribution >= 4 is 34.7 Å². The Morgan fingerprint density at radius 2 is 1.60 bits per heavy atom. The molecule has 3 fully saturated rings. The molecule has 1 aliphatic carbocycles. The average molecular weight is 568 g/mol. The number of anilines is 1. The molecule has 6 rings (SSSR count). The van der Waals surface area contributed by atoms with Crippen molar-refractivity contribution in [2.45, 2.75) is 69.5 Å². The van der Waals surface area contributed by atoms with Crippen molar-refractivity contribution in [2.24, 2.45) is 5.92 Å². The second kappa shape index (κ2) is 11.8. The van der Waals surface area contributed by atoms with Crippen molar-refractivity contribution in [3.05, 3.63) is 57.4 Å². The summed E-state index contributed by atoms with van der Waals surface area (Å²) in [6, 6.07) is 2.38. The summed E-state index contributed by atoms with van der Waals surface area (Å²) >= 11 is 1.85. The number of halogens is 1. The summed E-state index contributed by atoms with van der Waals surface area (Å²) in [5.74, 6) is 1.60. The Morgan fingerprint density at radius 1 is 0.925 bits per heavy atom. The quantitative estimate of drug-likeness (QED) is 0.500. The lowest BCUT2D eigenvalue weighted by molar-refractivity contribution is -0.123. The number of rotatable bonds is 5. The highest BCUT2D eigenvalue weighted by Gasteiger charge is 2.37. The smallest absolute Gasteiger partial charge is 0.317 e. The zero-order valence-corrected chi connectivity index (χ0v) is 23.2. The van der Waals surface area contributed by atoms with Crippen LogP contribution in [0.4, 0.5) is 10.3 Å². The van der Waals surface area contributed by atoms with Crippen molar-refractivity contribution in [1.82, 2.24) is 29.4 Å². The Bertz CT molecular complexity index is 1480. The van der Waals surface area contributed by atoms with Crippen LogP contribution in [0.2, 0.25) is 0 Å². The van der Waals surface area contributed by atoms with Crippen LogP contribution in [0.25, 0.3) is 11.0 Å². The van der Waals surface area contributed by atoms with Crippen LogP contribution in [-0.2, 0) is 4.79 Å². The summed E-state index contributed by atoms with van der Waals surface area (Å²) in [7, 11) is 0. The number of nitrogens with one attached hydrogen (secondary N) is 1. The SMILES string of the molecule is O=C(C1CCNCC1)N(c1ncccn1)C1CCC(n2c(=O)c3cc(F)cnc3n(C3CCSCC3)c2=O)CC1. The van der Waals surface area contributed by atoms with E-state index >= 15 is 0 Å². The van der Waals surface area contributed by atoms with Gasteiger partial charge in [0.25, 0.3) is 5.56 Å². The predicted molar refractivity (Wildman–Crippen MR) is 152 cm³/mol. The highest BCUT2D eigenvalue weighted by Crippen LogP contribution is 2.34. The fraction of sp³-hybridized carbons (Fsp3) is 0.571. The topological polar surface area (TPSA) is 115 Å². The van der Waals surface area contributed by atoms with Gasteiger partial charge in [-0.15, -0.1) is 0 Å². The Kier molecular flexibility index (Phi) is 7.97. The Labute approximate surface area is 235 Å². The summed E-state index contributed by atoms with van der Waals surface area (Å²) in [4.78, 5) is 56.1. The van der Waals surface area contributed by atoms with Crippen molar-refractivity contribution in [3.63, 3.8) is 0 Å². The zero-order chi connectivity index (χ0) is 27.6. The summed E-state index contributed by atoms with van der Waals surface area (Å²) in [6.45, 7) is 1.61. The molecule has 3 aliphatic rings. The van der Waals surface area contributed by atoms with Gasteiger partial charge in [0, 0.05) is 36.4 Å². The van der Waals surface area contributed by atoms with E-state index in [1.54, 1.807) is 27.9 Å². The molecule has 0 bridgehead atoms. The van der Waals surface area contributed by atoms with Crippen LogP contribution < -0.4 is 21.5 Å². The molecule has 5 heterocycles. The zero-order valence-electron chi connectivity index (χ0n) is 22.4. The van der Waals surface area contributed by atoms with E-state index in [0.29, 0.717) is 31.6 Å². The molecule has 212 valence electrons. The van der Waals surface area contributed by atoms with Gasteiger partial charge in [-0.2, -0.15) is 11.8 Å². The summed E-state index contributed by atoms with van der Waals surface area (Å²) in [5, 5.41) is 3.45. The maximum absolute atomic E-state index is 14.2. The Balaban J connectivity index is 1.32. The monoisotopic (exact) mass is 567 g/mol. The molecule has 0 unspecified atom stereocenters. The molecule has 2 saturated heterocycles. The number of hydrogen-bond donors (Lipinski definition) is 1. The van der Waals surface area contributed by atoms with E-state index in [-0.39, 0.29) is 46.7 Å². The van der Waals surface area contributed by atoms with E-state index in [0.717, 1.165) is 56.5 Å². The van der Waals surface area contributed by atoms with Gasteiger partial charge in [0.2, 0.25) is 11.9 Å². The van der Waals surface area contributed by atoms with E-state index in [1.165, 1.54) is 10.6 Å². The number of nitrogens with zero attached hydrogens (tertiary/aromatic N) is 6. The number of fused-ring (bicyclic) bond motifs is 1. The molecule has 12 heteroatoms. The van der Waals surface area contributed by atoms with Crippen molar-refractivity contribution in [2.75, 3.05) is 29.5 Å². The molecule has 40 heavy (non-hydrogen) atoms. The first kappa shape index (κ1) is 27.1. The minimum atomic E-state index is -0.598. The third kappa shape index (κ3) is 5.18. The molecule has 1 amide bonds. The number of aromatic nitrogens is 5. The van der Waals surface area contributed by atoms with Gasteiger partial charge in [-0.1, -0.05) is 0 Å². The molecule has 0 radical (unpaired) electrons. The fourth-order valence-electron chi connectivity index (χ4n) is 6.50. The van der Waals surface area contributed by atoms with Gasteiger partial charge in [-0.3, -0.25) is 23.6 Å². The van der Waals surface area contributed by atoms with E-state index < -0.39 is 11.4 Å². The van der Waals surface area contributed by atoms with Crippen LogP contribution in [0.5, 0.6) is 0 Å². The van der Waals surface area contributed by atoms with Crippen molar-refractivity contribution < 1.29 is 9.18 Å². The van der Waals surface area contributed by atoms with Gasteiger partial charge in [0.05, 0.1) is 11.6 Å². The second-order valence-electron chi connectivity index (χ2n) is 10.9. The summed E-state index contributed by atoms with van der Waals surface area (Å²) in [6.07, 6.45) is 9.79. The first-order chi connectivity index (χ1) is 19.5. The lowest BCUT2D eigenvalue weighted by atomic mass is 9.88. The van der Waals surface area contributed by atoms with Gasteiger partial charge in [-0.05, 0) is 88.1 Å². The summed E-state index contributed by atoms with van der Waals surface area (Å²) in [5.41, 5.74) is -0.602. The van der Waals surface area contributed by atoms with E-state index in [2.05, 4.69) is 20.3 Å². The standard InChI is InChI=1S/C28H34FN7O3S/c29-19-16-23-24(33-17-19)34(22-8-14-40-15-9-22)28(39)36(26(23)38)21-4-2-20(3-5-21)35(27-31-10-1-11-32-27)25(37)18-6-12-30-13-7-18/h1,10-11,16-18,20-22,30H,2-9,12-15H2. The molecular formula is C28H34FN7O3S. The maximum Gasteiger partial charge on any atom is 0.333 e. The van der Waals surface area contributed by atoms with Crippen molar-refractivity contribution in [3.8, 4) is 0 Å². The molecular weight excluding hydrogens is 533 g/mol. The highest BCUT2D eigenvalue weighted by atomic mass is 32.2. The highest BCUT2D eigenvalue weighted by molar-refractivity contribution is 7.99. The van der Waals surface area contributed by atoms with Gasteiger partial charge < -0.3 is 5.32 Å². The Hall–Kier alpha value is -3.12. The van der Waals surface area contributed by atoms with Crippen LogP contribution >= 0.6 is 11.8 Å². The minimum absolute atomic E-state index is 0.0399. The third-order valence-electron chi connectivity index (χ3n) is 8.57. The Morgan fingerprint density at radius 3 is 2.30 bits per heavy atom. The van der Waals surface area contributed by atoms with Crippen LogP contribution in [0.1, 0.15) is 63.5 Å². The number of carbonyl (C=O) groups is 1. The molecule has 0 atom stereocenters. The van der Waals surface area contributed by atoms with E-state index in [1.807, 2.05) is 11.8 Å². The van der Waals surface area contributed by atoms with Gasteiger partial charge in [-0.25, -0.2) is 24.1 Å². The maximum atomic E-state index is 14.2. The summed E-state index contributed by atoms with van der Waals surface area (Å²) < 4.78 is 17.2. The first-order valence-electron chi connectivity index (χ1n) is 14.2. The van der Waals surface area contributed by atoms with Gasteiger partial charge in [0.1, 0.15) is 11.5 Å². The van der Waals surface area contributed by atoms with Crippen LogP contribution in [0, 0.1) is 11.7 Å². The molecule has 3 aromatic rings. The third-order valence-corrected chi connectivity index (χ3v) is 9.62. The molecule has 3 aromatic heterocycles. The normalized spacial score (nSPS) is 22.8. The lowest BCUT2D eigenvalue weighted by Crippen LogP contribution is -2.50. The first-order valence-corrected chi connectivity index (χ1v) is 15.4. The second-order valence-corrected chi connectivity index (χ2v) is 12.2. The average Bonchev–Trinajstić information content (AvgIpc) is 3.00. The largest absolute Gasteiger partial charge is 0.333 e. The number of thioether (sulfide) groups is 1. The molecule has 0 aromatic carbocycles. The number of carbonyl (C=O) groups excluding carboxylic acids is 1. The fourth-order valence-corrected chi connectivity index (χ4v) is 7.58. The molecule has 1 saturated carbocycles. The number of piperidine rings is 1. The number of hydrogen-bond acceptors (Lipinski definition) is 8. The molecule has 2 aliphatic heterocycles. The predicted octanol–water partition coefficient (Wildman–Crippen LogP) is 3.07. The molecule has 10 nitrogen and oxygen atoms in total. The minimum Gasteiger partial charge on any atom is -0.317 e. The van der Waals surface area contributed by atoms with Crippen LogP contribution in [-0.4, -0.2) is 60.6 Å². The molecule has 0 spiro atoms. The van der Waals surface area contributed by atoms with Crippen LogP contribution in [0.15, 0.2) is 40.3 Å². The van der Waals surface area contributed by atoms with Gasteiger partial charge in [0.15, 0.2) is 0 Å².